The van der Waals surface area contributed by atoms with Crippen LogP contribution in [0.1, 0.15) is 54.2 Å². The molecule has 2 atom stereocenters. The number of rotatable bonds is 12. The van der Waals surface area contributed by atoms with Crippen molar-refractivity contribution in [1.82, 2.24) is 19.5 Å². The number of carbonyl (C=O) groups excluding carboxylic acids is 1. The average molecular weight is 576 g/mol. The van der Waals surface area contributed by atoms with Gasteiger partial charge in [0.05, 0.1) is 23.2 Å². The predicted octanol–water partition coefficient (Wildman–Crippen LogP) is 4.05. The van der Waals surface area contributed by atoms with Gasteiger partial charge in [0, 0.05) is 43.5 Å². The van der Waals surface area contributed by atoms with Gasteiger partial charge < -0.3 is 24.1 Å². The fourth-order valence-corrected chi connectivity index (χ4v) is 5.48. The van der Waals surface area contributed by atoms with Crippen molar-refractivity contribution in [3.8, 4) is 11.3 Å². The first kappa shape index (κ1) is 29.6. The molecular weight excluding hydrogens is 543 g/mol. The summed E-state index contributed by atoms with van der Waals surface area (Å²) in [5.41, 5.74) is 2.24. The Morgan fingerprint density at radius 3 is 2.73 bits per heavy atom. The molecule has 1 aliphatic heterocycles. The van der Waals surface area contributed by atoms with Gasteiger partial charge in [0.1, 0.15) is 11.6 Å². The molecule has 3 heterocycles. The lowest BCUT2D eigenvalue weighted by Crippen LogP contribution is -2.34. The molecule has 40 heavy (non-hydrogen) atoms. The Morgan fingerprint density at radius 1 is 1.32 bits per heavy atom. The van der Waals surface area contributed by atoms with Crippen molar-refractivity contribution < 1.29 is 37.0 Å². The van der Waals surface area contributed by atoms with Crippen LogP contribution in [0, 0.1) is 5.82 Å². The van der Waals surface area contributed by atoms with E-state index in [2.05, 4.69) is 10.3 Å². The van der Waals surface area contributed by atoms with Crippen molar-refractivity contribution in [1.29, 1.82) is 0 Å². The maximum Gasteiger partial charge on any atom is 0.507 e. The standard InChI is InChI=1S/C27H33FN4O7S/c1-3-17-15-20-23(25(33)29-2)24(18-8-10-19(28)11-9-18)39-26(20)30-21(17)16-32(40(36)37)14-5-4-12-31-13-6-7-22(31)38-27(34)35/h8-11,15,22H,3-7,12-14,16H2,1-2H3,(H,29,33)(H,34,35)(H,36,37)/p-1/t22-/m0/s1. The van der Waals surface area contributed by atoms with E-state index in [4.69, 9.17) is 14.3 Å². The highest BCUT2D eigenvalue weighted by atomic mass is 32.2. The topological polar surface area (TPSA) is 148 Å². The number of amides is 1. The van der Waals surface area contributed by atoms with Crippen LogP contribution in [0.3, 0.4) is 0 Å². The van der Waals surface area contributed by atoms with Crippen LogP contribution in [0.5, 0.6) is 0 Å². The average Bonchev–Trinajstić information content (AvgIpc) is 3.52. The highest BCUT2D eigenvalue weighted by Crippen LogP contribution is 2.34. The quantitative estimate of drug-likeness (QED) is 0.185. The molecule has 0 bridgehead atoms. The van der Waals surface area contributed by atoms with Crippen molar-refractivity contribution in [3.05, 3.63) is 53.0 Å². The Hall–Kier alpha value is -3.39. The largest absolute Gasteiger partial charge is 0.760 e. The van der Waals surface area contributed by atoms with Crippen LogP contribution in [-0.4, -0.2) is 73.0 Å². The second kappa shape index (κ2) is 13.3. The molecule has 1 aliphatic rings. The van der Waals surface area contributed by atoms with Gasteiger partial charge in [0.15, 0.2) is 6.23 Å². The molecule has 0 radical (unpaired) electrons. The Morgan fingerprint density at radius 2 is 2.08 bits per heavy atom. The highest BCUT2D eigenvalue weighted by Gasteiger charge is 2.27. The van der Waals surface area contributed by atoms with Crippen molar-refractivity contribution in [2.24, 2.45) is 0 Å². The van der Waals surface area contributed by atoms with E-state index >= 15 is 0 Å². The van der Waals surface area contributed by atoms with Crippen molar-refractivity contribution >= 4 is 34.4 Å². The summed E-state index contributed by atoms with van der Waals surface area (Å²) in [6.45, 7) is 3.52. The molecule has 4 rings (SSSR count). The molecule has 1 aromatic carbocycles. The minimum absolute atomic E-state index is 0.0194. The second-order valence-corrected chi connectivity index (χ2v) is 10.4. The van der Waals surface area contributed by atoms with Gasteiger partial charge in [0.2, 0.25) is 5.71 Å². The van der Waals surface area contributed by atoms with Crippen LogP contribution in [0.2, 0.25) is 0 Å². The Kier molecular flexibility index (Phi) is 9.85. The summed E-state index contributed by atoms with van der Waals surface area (Å²) in [6.07, 6.45) is 1.50. The summed E-state index contributed by atoms with van der Waals surface area (Å²) in [7, 11) is 1.50. The molecule has 11 nitrogen and oxygen atoms in total. The lowest BCUT2D eigenvalue weighted by Gasteiger charge is -2.26. The molecular formula is C27H32FN4O7S-. The normalized spacial score (nSPS) is 16.5. The zero-order valence-electron chi connectivity index (χ0n) is 22.4. The number of carbonyl (C=O) groups is 2. The minimum Gasteiger partial charge on any atom is -0.760 e. The van der Waals surface area contributed by atoms with Crippen molar-refractivity contribution in [2.45, 2.75) is 51.8 Å². The summed E-state index contributed by atoms with van der Waals surface area (Å²) in [4.78, 5) is 30.3. The lowest BCUT2D eigenvalue weighted by molar-refractivity contribution is -0.0140. The monoisotopic (exact) mass is 575 g/mol. The summed E-state index contributed by atoms with van der Waals surface area (Å²) in [5, 5.41) is 12.0. The number of hydrogen-bond donors (Lipinski definition) is 2. The number of nitrogens with one attached hydrogen (secondary N) is 1. The molecule has 1 saturated heterocycles. The Balaban J connectivity index is 1.53. The minimum atomic E-state index is -2.51. The molecule has 1 unspecified atom stereocenters. The van der Waals surface area contributed by atoms with Crippen molar-refractivity contribution in [3.63, 3.8) is 0 Å². The number of nitrogens with zero attached hydrogens (tertiary/aromatic N) is 3. The number of furan rings is 1. The van der Waals surface area contributed by atoms with Crippen LogP contribution in [0.15, 0.2) is 34.7 Å². The van der Waals surface area contributed by atoms with E-state index in [0.29, 0.717) is 48.9 Å². The maximum absolute atomic E-state index is 13.5. The molecule has 1 fully saturated rings. The number of halogens is 1. The number of unbranched alkanes of at least 4 members (excludes halogenated alkanes) is 1. The van der Waals surface area contributed by atoms with Gasteiger partial charge in [-0.1, -0.05) is 6.92 Å². The molecule has 0 saturated carbocycles. The summed E-state index contributed by atoms with van der Waals surface area (Å²) < 4.78 is 49.9. The van der Waals surface area contributed by atoms with Crippen molar-refractivity contribution in [2.75, 3.05) is 26.7 Å². The number of benzene rings is 1. The van der Waals surface area contributed by atoms with Crippen LogP contribution >= 0.6 is 0 Å². The zero-order chi connectivity index (χ0) is 28.8. The van der Waals surface area contributed by atoms with Gasteiger partial charge in [-0.3, -0.25) is 13.9 Å². The van der Waals surface area contributed by atoms with Crippen LogP contribution in [0.4, 0.5) is 9.18 Å². The fourth-order valence-electron chi connectivity index (χ4n) is 4.98. The SMILES string of the molecule is CCc1cc2c(C(=O)NC)c(-c3ccc(F)cc3)oc2nc1CN(CCCCN1CCC[C@@H]1OC(=O)O)S(=O)[O-]. The molecule has 0 aliphatic carbocycles. The number of pyridine rings is 1. The number of hydrogen-bond acceptors (Lipinski definition) is 8. The molecule has 3 aromatic rings. The fraction of sp³-hybridized carbons (Fsp3) is 0.444. The Bertz CT molecular complexity index is 1380. The Labute approximate surface area is 233 Å². The molecule has 13 heteroatoms. The van der Waals surface area contributed by atoms with Gasteiger partial charge in [-0.25, -0.2) is 18.5 Å². The summed E-state index contributed by atoms with van der Waals surface area (Å²) >= 11 is -2.51. The van der Waals surface area contributed by atoms with Crippen LogP contribution in [-0.2, 0) is 29.0 Å². The van der Waals surface area contributed by atoms with Crippen LogP contribution in [0.25, 0.3) is 22.4 Å². The third kappa shape index (κ3) is 6.84. The number of aromatic nitrogens is 1. The molecule has 2 aromatic heterocycles. The number of fused-ring (bicyclic) bond motifs is 1. The molecule has 1 amide bonds. The summed E-state index contributed by atoms with van der Waals surface area (Å²) in [6, 6.07) is 7.37. The van der Waals surface area contributed by atoms with E-state index in [9.17, 15) is 22.7 Å². The number of likely N-dealkylation sites (tertiary alicyclic amines) is 1. The van der Waals surface area contributed by atoms with E-state index in [1.807, 2.05) is 11.8 Å². The number of aryl methyl sites for hydroxylation is 1. The van der Waals surface area contributed by atoms with E-state index in [-0.39, 0.29) is 36.0 Å². The molecule has 216 valence electrons. The van der Waals surface area contributed by atoms with Gasteiger partial charge in [-0.05, 0) is 68.0 Å². The van der Waals surface area contributed by atoms with E-state index in [1.54, 1.807) is 6.07 Å². The van der Waals surface area contributed by atoms with Gasteiger partial charge in [0.25, 0.3) is 5.91 Å². The highest BCUT2D eigenvalue weighted by molar-refractivity contribution is 7.76. The van der Waals surface area contributed by atoms with E-state index < -0.39 is 29.5 Å². The first-order valence-corrected chi connectivity index (χ1v) is 14.2. The lowest BCUT2D eigenvalue weighted by atomic mass is 10.0. The van der Waals surface area contributed by atoms with E-state index in [0.717, 1.165) is 18.5 Å². The first-order valence-electron chi connectivity index (χ1n) is 13.1. The van der Waals surface area contributed by atoms with Gasteiger partial charge in [-0.2, -0.15) is 0 Å². The molecule has 2 N–H and O–H groups in total. The van der Waals surface area contributed by atoms with Crippen LogP contribution < -0.4 is 5.32 Å². The van der Waals surface area contributed by atoms with E-state index in [1.165, 1.54) is 35.6 Å². The molecule has 0 spiro atoms. The summed E-state index contributed by atoms with van der Waals surface area (Å²) in [5.74, 6) is -0.557. The van der Waals surface area contributed by atoms with Gasteiger partial charge >= 0.3 is 6.16 Å². The first-order chi connectivity index (χ1) is 19.2. The predicted molar refractivity (Wildman–Crippen MR) is 144 cm³/mol. The van der Waals surface area contributed by atoms with Gasteiger partial charge in [-0.15, -0.1) is 0 Å². The maximum atomic E-state index is 13.5. The second-order valence-electron chi connectivity index (χ2n) is 9.50. The third-order valence-corrected chi connectivity index (χ3v) is 7.71. The third-order valence-electron chi connectivity index (χ3n) is 6.97. The zero-order valence-corrected chi connectivity index (χ0v) is 23.2. The number of carboxylic acid groups (broad SMARTS) is 1. The number of ether oxygens (including phenoxy) is 1. The smallest absolute Gasteiger partial charge is 0.507 e.